The molecule has 1 aromatic heterocycles. The standard InChI is InChI=1S/C16H22N4O4/c1-2-7-17-16(23)19-14(21)11-20-8-3-6-13(20)15(22)18-10-12-5-4-9-24-12/h2,4-5,9,13H,1,3,6-8,10-11H2,(H,18,22)(H2,17,19,21,23). The van der Waals surface area contributed by atoms with E-state index < -0.39 is 11.9 Å². The average Bonchev–Trinajstić information content (AvgIpc) is 3.22. The summed E-state index contributed by atoms with van der Waals surface area (Å²) in [6.07, 6.45) is 4.57. The van der Waals surface area contributed by atoms with Crippen LogP contribution in [-0.4, -0.2) is 48.4 Å². The summed E-state index contributed by atoms with van der Waals surface area (Å²) < 4.78 is 5.17. The minimum absolute atomic E-state index is 0.000345. The first-order valence-electron chi connectivity index (χ1n) is 7.83. The van der Waals surface area contributed by atoms with Gasteiger partial charge in [0.05, 0.1) is 25.4 Å². The number of carbonyl (C=O) groups excluding carboxylic acids is 3. The topological polar surface area (TPSA) is 104 Å². The van der Waals surface area contributed by atoms with Gasteiger partial charge in [0.15, 0.2) is 0 Å². The molecule has 24 heavy (non-hydrogen) atoms. The van der Waals surface area contributed by atoms with Crippen LogP contribution in [0.5, 0.6) is 0 Å². The van der Waals surface area contributed by atoms with Crippen molar-refractivity contribution in [3.05, 3.63) is 36.8 Å². The molecule has 0 bridgehead atoms. The first-order valence-corrected chi connectivity index (χ1v) is 7.83. The molecule has 1 fully saturated rings. The summed E-state index contributed by atoms with van der Waals surface area (Å²) >= 11 is 0. The van der Waals surface area contributed by atoms with Crippen molar-refractivity contribution in [2.75, 3.05) is 19.6 Å². The van der Waals surface area contributed by atoms with Crippen molar-refractivity contribution < 1.29 is 18.8 Å². The monoisotopic (exact) mass is 334 g/mol. The lowest BCUT2D eigenvalue weighted by atomic mass is 10.2. The van der Waals surface area contributed by atoms with E-state index in [-0.39, 0.29) is 25.0 Å². The minimum Gasteiger partial charge on any atom is -0.467 e. The summed E-state index contributed by atoms with van der Waals surface area (Å²) in [5.74, 6) is 0.0830. The molecule has 1 aromatic rings. The van der Waals surface area contributed by atoms with Crippen molar-refractivity contribution in [1.29, 1.82) is 0 Å². The Morgan fingerprint density at radius 1 is 1.38 bits per heavy atom. The minimum atomic E-state index is -0.571. The SMILES string of the molecule is C=CCNC(=O)NC(=O)CN1CCCC1C(=O)NCc1ccco1. The zero-order chi connectivity index (χ0) is 17.4. The number of likely N-dealkylation sites (tertiary alicyclic amines) is 1. The Morgan fingerprint density at radius 3 is 2.92 bits per heavy atom. The van der Waals surface area contributed by atoms with Gasteiger partial charge in [-0.15, -0.1) is 6.58 Å². The van der Waals surface area contributed by atoms with E-state index >= 15 is 0 Å². The van der Waals surface area contributed by atoms with E-state index in [0.29, 0.717) is 25.3 Å². The lowest BCUT2D eigenvalue weighted by Crippen LogP contribution is -2.49. The maximum atomic E-state index is 12.3. The molecular weight excluding hydrogens is 312 g/mol. The first-order chi connectivity index (χ1) is 11.6. The van der Waals surface area contributed by atoms with Gasteiger partial charge in [-0.2, -0.15) is 0 Å². The molecule has 4 amide bonds. The van der Waals surface area contributed by atoms with Crippen LogP contribution in [0.1, 0.15) is 18.6 Å². The lowest BCUT2D eigenvalue weighted by Gasteiger charge is -2.22. The van der Waals surface area contributed by atoms with Gasteiger partial charge in [-0.05, 0) is 31.5 Å². The highest BCUT2D eigenvalue weighted by molar-refractivity contribution is 5.95. The second-order valence-electron chi connectivity index (χ2n) is 5.47. The average molecular weight is 334 g/mol. The number of carbonyl (C=O) groups is 3. The highest BCUT2D eigenvalue weighted by Crippen LogP contribution is 2.17. The molecule has 0 saturated carbocycles. The van der Waals surface area contributed by atoms with Gasteiger partial charge < -0.3 is 15.1 Å². The number of amides is 4. The summed E-state index contributed by atoms with van der Waals surface area (Å²) in [7, 11) is 0. The van der Waals surface area contributed by atoms with Crippen LogP contribution in [-0.2, 0) is 16.1 Å². The number of hydrogen-bond donors (Lipinski definition) is 3. The van der Waals surface area contributed by atoms with Crippen LogP contribution in [0.25, 0.3) is 0 Å². The molecule has 8 nitrogen and oxygen atoms in total. The molecule has 0 radical (unpaired) electrons. The number of urea groups is 1. The van der Waals surface area contributed by atoms with Gasteiger partial charge in [0, 0.05) is 6.54 Å². The molecule has 3 N–H and O–H groups in total. The molecule has 8 heteroatoms. The normalized spacial score (nSPS) is 17.2. The van der Waals surface area contributed by atoms with Crippen LogP contribution in [0.2, 0.25) is 0 Å². The van der Waals surface area contributed by atoms with Crippen molar-refractivity contribution in [2.24, 2.45) is 0 Å². The van der Waals surface area contributed by atoms with Crippen LogP contribution in [0.4, 0.5) is 4.79 Å². The maximum absolute atomic E-state index is 12.3. The quantitative estimate of drug-likeness (QED) is 0.625. The van der Waals surface area contributed by atoms with Crippen LogP contribution < -0.4 is 16.0 Å². The Kier molecular flexibility index (Phi) is 6.56. The Morgan fingerprint density at radius 2 is 2.21 bits per heavy atom. The van der Waals surface area contributed by atoms with Crippen LogP contribution in [0.15, 0.2) is 35.5 Å². The summed E-state index contributed by atoms with van der Waals surface area (Å²) in [6.45, 7) is 4.70. The van der Waals surface area contributed by atoms with Crippen molar-refractivity contribution >= 4 is 17.8 Å². The Labute approximate surface area is 140 Å². The molecule has 1 aliphatic heterocycles. The van der Waals surface area contributed by atoms with Crippen molar-refractivity contribution in [2.45, 2.75) is 25.4 Å². The van der Waals surface area contributed by atoms with Gasteiger partial charge in [0.1, 0.15) is 5.76 Å². The van der Waals surface area contributed by atoms with E-state index in [0.717, 1.165) is 6.42 Å². The smallest absolute Gasteiger partial charge is 0.321 e. The highest BCUT2D eigenvalue weighted by Gasteiger charge is 2.32. The van der Waals surface area contributed by atoms with Crippen molar-refractivity contribution in [3.63, 3.8) is 0 Å². The Bertz CT molecular complexity index is 585. The highest BCUT2D eigenvalue weighted by atomic mass is 16.3. The summed E-state index contributed by atoms with van der Waals surface area (Å²) in [5, 5.41) is 7.49. The third-order valence-corrected chi connectivity index (χ3v) is 3.69. The fraction of sp³-hybridized carbons (Fsp3) is 0.438. The summed E-state index contributed by atoms with van der Waals surface area (Å²) in [4.78, 5) is 37.4. The number of hydrogen-bond acceptors (Lipinski definition) is 5. The Hall–Kier alpha value is -2.61. The molecule has 1 aliphatic rings. The second kappa shape index (κ2) is 8.88. The molecule has 130 valence electrons. The van der Waals surface area contributed by atoms with Gasteiger partial charge >= 0.3 is 6.03 Å². The third kappa shape index (κ3) is 5.24. The molecule has 2 heterocycles. The van der Waals surface area contributed by atoms with Crippen molar-refractivity contribution in [1.82, 2.24) is 20.9 Å². The van der Waals surface area contributed by atoms with E-state index in [2.05, 4.69) is 22.5 Å². The zero-order valence-electron chi connectivity index (χ0n) is 13.4. The molecule has 2 rings (SSSR count). The molecule has 1 saturated heterocycles. The third-order valence-electron chi connectivity index (χ3n) is 3.69. The van der Waals surface area contributed by atoms with Gasteiger partial charge in [-0.1, -0.05) is 6.08 Å². The number of furan rings is 1. The fourth-order valence-electron chi connectivity index (χ4n) is 2.58. The molecule has 0 aliphatic carbocycles. The molecular formula is C16H22N4O4. The molecule has 0 spiro atoms. The number of nitrogens with one attached hydrogen (secondary N) is 3. The largest absolute Gasteiger partial charge is 0.467 e. The maximum Gasteiger partial charge on any atom is 0.321 e. The molecule has 1 atom stereocenters. The van der Waals surface area contributed by atoms with Gasteiger partial charge in [0.25, 0.3) is 0 Å². The number of imide groups is 1. The molecule has 0 aromatic carbocycles. The van der Waals surface area contributed by atoms with Crippen LogP contribution in [0.3, 0.4) is 0 Å². The van der Waals surface area contributed by atoms with Crippen molar-refractivity contribution in [3.8, 4) is 0 Å². The lowest BCUT2D eigenvalue weighted by molar-refractivity contribution is -0.127. The van der Waals surface area contributed by atoms with Gasteiger partial charge in [-0.3, -0.25) is 19.8 Å². The Balaban J connectivity index is 1.79. The van der Waals surface area contributed by atoms with E-state index in [9.17, 15) is 14.4 Å². The van der Waals surface area contributed by atoms with E-state index in [4.69, 9.17) is 4.42 Å². The van der Waals surface area contributed by atoms with Crippen LogP contribution in [0, 0.1) is 0 Å². The fourth-order valence-corrected chi connectivity index (χ4v) is 2.58. The zero-order valence-corrected chi connectivity index (χ0v) is 13.4. The number of rotatable bonds is 7. The van der Waals surface area contributed by atoms with E-state index in [1.807, 2.05) is 0 Å². The van der Waals surface area contributed by atoms with E-state index in [1.54, 1.807) is 23.3 Å². The van der Waals surface area contributed by atoms with Gasteiger partial charge in [0.2, 0.25) is 11.8 Å². The summed E-state index contributed by atoms with van der Waals surface area (Å²) in [6, 6.07) is 2.59. The van der Waals surface area contributed by atoms with Crippen LogP contribution >= 0.6 is 0 Å². The first kappa shape index (κ1) is 17.7. The van der Waals surface area contributed by atoms with E-state index in [1.165, 1.54) is 6.08 Å². The van der Waals surface area contributed by atoms with Gasteiger partial charge in [-0.25, -0.2) is 4.79 Å². The number of nitrogens with zero attached hydrogens (tertiary/aromatic N) is 1. The predicted molar refractivity (Wildman–Crippen MR) is 86.9 cm³/mol. The molecule has 1 unspecified atom stereocenters. The second-order valence-corrected chi connectivity index (χ2v) is 5.47. The summed E-state index contributed by atoms with van der Waals surface area (Å²) in [5.41, 5.74) is 0. The predicted octanol–water partition coefficient (Wildman–Crippen LogP) is 0.372.